The molecule has 13 heavy (non-hydrogen) atoms. The molecule has 0 radical (unpaired) electrons. The Balaban J connectivity index is 0.000000845. The Kier molecular flexibility index (Phi) is 3.48. The van der Waals surface area contributed by atoms with E-state index in [0.717, 1.165) is 5.52 Å². The lowest BCUT2D eigenvalue weighted by atomic mass is 10.2. The minimum Gasteiger partial charge on any atom is -1.00 e. The van der Waals surface area contributed by atoms with Crippen molar-refractivity contribution >= 4 is 10.9 Å². The zero-order valence-electron chi connectivity index (χ0n) is 7.27. The molecule has 3 heteroatoms. The Morgan fingerprint density at radius 1 is 1.08 bits per heavy atom. The number of nitrogens with zero attached hydrogens (tertiary/aromatic N) is 1. The van der Waals surface area contributed by atoms with Crippen LogP contribution in [0.5, 0.6) is 0 Å². The van der Waals surface area contributed by atoms with E-state index < -0.39 is 0 Å². The largest absolute Gasteiger partial charge is 1.00 e. The first-order valence-corrected chi connectivity index (χ1v) is 3.86. The minimum atomic E-state index is 0. The summed E-state index contributed by atoms with van der Waals surface area (Å²) in [4.78, 5) is 5.14. The van der Waals surface area contributed by atoms with Crippen molar-refractivity contribution in [3.8, 4) is 0 Å². The fourth-order valence-corrected chi connectivity index (χ4v) is 1.29. The molecule has 0 N–H and O–H groups in total. The van der Waals surface area contributed by atoms with E-state index in [9.17, 15) is 0 Å². The molecule has 0 aliphatic carbocycles. The smallest absolute Gasteiger partial charge is 0.264 e. The van der Waals surface area contributed by atoms with E-state index in [1.807, 2.05) is 30.5 Å². The highest BCUT2D eigenvalue weighted by molar-refractivity contribution is 5.74. The van der Waals surface area contributed by atoms with Crippen LogP contribution in [0.1, 0.15) is 0 Å². The summed E-state index contributed by atoms with van der Waals surface area (Å²) in [5, 5.41) is 1.18. The Morgan fingerprint density at radius 2 is 1.77 bits per heavy atom. The van der Waals surface area contributed by atoms with Gasteiger partial charge in [-0.1, -0.05) is 12.1 Å². The van der Waals surface area contributed by atoms with E-state index in [-0.39, 0.29) is 24.0 Å². The molecule has 68 valence electrons. The lowest BCUT2D eigenvalue weighted by molar-refractivity contribution is -0.865. The van der Waals surface area contributed by atoms with E-state index in [0.29, 0.717) is 0 Å². The Labute approximate surface area is 94.1 Å². The molecule has 0 unspecified atom stereocenters. The molecule has 0 aliphatic heterocycles. The summed E-state index contributed by atoms with van der Waals surface area (Å²) in [6.07, 6.45) is 1.89. The van der Waals surface area contributed by atoms with Gasteiger partial charge in [0.15, 0.2) is 0 Å². The quantitative estimate of drug-likeness (QED) is 0.445. The molecular weight excluding hydrogens is 277 g/mol. The van der Waals surface area contributed by atoms with Crippen LogP contribution in [-0.4, -0.2) is 7.11 Å². The number of pyridine rings is 1. The predicted octanol–water partition coefficient (Wildman–Crippen LogP) is -1.81. The topological polar surface area (TPSA) is 13.1 Å². The van der Waals surface area contributed by atoms with E-state index in [4.69, 9.17) is 4.84 Å². The number of fused-ring (bicyclic) bond motifs is 1. The van der Waals surface area contributed by atoms with E-state index >= 15 is 0 Å². The van der Waals surface area contributed by atoms with Gasteiger partial charge < -0.3 is 24.0 Å². The molecule has 1 heterocycles. The molecular formula is C10H10INO. The van der Waals surface area contributed by atoms with Gasteiger partial charge in [-0.2, -0.15) is 0 Å². The highest BCUT2D eigenvalue weighted by Crippen LogP contribution is 2.06. The number of rotatable bonds is 1. The fraction of sp³-hybridized carbons (Fsp3) is 0.100. The molecule has 1 aromatic heterocycles. The second kappa shape index (κ2) is 4.41. The van der Waals surface area contributed by atoms with Crippen molar-refractivity contribution in [2.45, 2.75) is 0 Å². The number of para-hydroxylation sites is 1. The summed E-state index contributed by atoms with van der Waals surface area (Å²) in [5.74, 6) is 0. The number of aromatic nitrogens is 1. The maximum Gasteiger partial charge on any atom is 0.264 e. The van der Waals surface area contributed by atoms with Crippen molar-refractivity contribution in [3.05, 3.63) is 42.6 Å². The molecule has 0 bridgehead atoms. The van der Waals surface area contributed by atoms with Crippen LogP contribution in [0.2, 0.25) is 0 Å². The van der Waals surface area contributed by atoms with Crippen LogP contribution in [0.25, 0.3) is 10.9 Å². The highest BCUT2D eigenvalue weighted by Gasteiger charge is 2.05. The number of benzene rings is 1. The van der Waals surface area contributed by atoms with Crippen LogP contribution in [0.4, 0.5) is 0 Å². The van der Waals surface area contributed by atoms with Gasteiger partial charge >= 0.3 is 0 Å². The van der Waals surface area contributed by atoms with Gasteiger partial charge in [-0.05, 0) is 12.1 Å². The van der Waals surface area contributed by atoms with Gasteiger partial charge in [0.25, 0.3) is 5.52 Å². The standard InChI is InChI=1S/C10H10NO.HI/c1-12-11-8-4-6-9-5-2-3-7-10(9)11;/h2-8H,1H3;1H/q+1;/p-1. The number of hydrogen-bond donors (Lipinski definition) is 0. The predicted molar refractivity (Wildman–Crippen MR) is 46.6 cm³/mol. The van der Waals surface area contributed by atoms with Gasteiger partial charge in [-0.15, -0.1) is 0 Å². The Hall–Kier alpha value is -0.840. The van der Waals surface area contributed by atoms with Gasteiger partial charge in [-0.3, -0.25) is 4.84 Å². The van der Waals surface area contributed by atoms with Gasteiger partial charge in [0.2, 0.25) is 6.20 Å². The van der Waals surface area contributed by atoms with Crippen LogP contribution in [0, 0.1) is 0 Å². The second-order valence-corrected chi connectivity index (χ2v) is 2.58. The first kappa shape index (κ1) is 10.2. The first-order valence-electron chi connectivity index (χ1n) is 3.86. The van der Waals surface area contributed by atoms with Crippen molar-refractivity contribution in [2.24, 2.45) is 0 Å². The molecule has 1 aromatic carbocycles. The lowest BCUT2D eigenvalue weighted by Crippen LogP contribution is -3.00. The van der Waals surface area contributed by atoms with Gasteiger partial charge in [-0.25, -0.2) is 0 Å². The summed E-state index contributed by atoms with van der Waals surface area (Å²) in [6.45, 7) is 0. The average Bonchev–Trinajstić information content (AvgIpc) is 2.17. The van der Waals surface area contributed by atoms with Crippen molar-refractivity contribution in [1.82, 2.24) is 0 Å². The maximum atomic E-state index is 5.14. The molecule has 0 saturated carbocycles. The maximum absolute atomic E-state index is 5.14. The fourth-order valence-electron chi connectivity index (χ4n) is 1.29. The minimum absolute atomic E-state index is 0. The van der Waals surface area contributed by atoms with E-state index in [2.05, 4.69) is 12.1 Å². The van der Waals surface area contributed by atoms with E-state index in [1.165, 1.54) is 5.39 Å². The number of halogens is 1. The van der Waals surface area contributed by atoms with Gasteiger partial charge in [0.1, 0.15) is 7.11 Å². The third-order valence-corrected chi connectivity index (χ3v) is 1.87. The van der Waals surface area contributed by atoms with Crippen molar-refractivity contribution in [1.29, 1.82) is 0 Å². The molecule has 0 saturated heterocycles. The Morgan fingerprint density at radius 3 is 2.54 bits per heavy atom. The zero-order valence-corrected chi connectivity index (χ0v) is 9.43. The lowest BCUT2D eigenvalue weighted by Gasteiger charge is -1.94. The van der Waals surface area contributed by atoms with Crippen molar-refractivity contribution in [3.63, 3.8) is 0 Å². The van der Waals surface area contributed by atoms with Crippen LogP contribution in [0.3, 0.4) is 0 Å². The SMILES string of the molecule is CO[n+]1cccc2ccccc21.[I-]. The van der Waals surface area contributed by atoms with Crippen LogP contribution in [-0.2, 0) is 0 Å². The molecule has 0 aliphatic rings. The van der Waals surface area contributed by atoms with Crippen LogP contribution >= 0.6 is 0 Å². The molecule has 0 atom stereocenters. The molecule has 0 spiro atoms. The second-order valence-electron chi connectivity index (χ2n) is 2.58. The third kappa shape index (κ3) is 1.91. The van der Waals surface area contributed by atoms with Crippen molar-refractivity contribution < 1.29 is 33.5 Å². The summed E-state index contributed by atoms with van der Waals surface area (Å²) >= 11 is 0. The Bertz CT molecular complexity index is 398. The molecule has 2 aromatic rings. The average molecular weight is 287 g/mol. The monoisotopic (exact) mass is 287 g/mol. The van der Waals surface area contributed by atoms with E-state index in [1.54, 1.807) is 11.8 Å². The summed E-state index contributed by atoms with van der Waals surface area (Å²) in [5.41, 5.74) is 1.09. The van der Waals surface area contributed by atoms with Crippen molar-refractivity contribution in [2.75, 3.05) is 7.11 Å². The van der Waals surface area contributed by atoms with Gasteiger partial charge in [0.05, 0.1) is 5.39 Å². The summed E-state index contributed by atoms with van der Waals surface area (Å²) < 4.78 is 1.75. The third-order valence-electron chi connectivity index (χ3n) is 1.87. The number of hydrogen-bond acceptors (Lipinski definition) is 1. The molecule has 0 amide bonds. The summed E-state index contributed by atoms with van der Waals surface area (Å²) in [6, 6.07) is 12.1. The molecule has 2 rings (SSSR count). The first-order chi connectivity index (χ1) is 5.92. The van der Waals surface area contributed by atoms with Crippen LogP contribution in [0.15, 0.2) is 42.6 Å². The normalized spacial score (nSPS) is 9.31. The zero-order chi connectivity index (χ0) is 8.39. The molecule has 2 nitrogen and oxygen atoms in total. The van der Waals surface area contributed by atoms with Gasteiger partial charge in [0, 0.05) is 16.9 Å². The summed E-state index contributed by atoms with van der Waals surface area (Å²) in [7, 11) is 1.66. The molecule has 0 fully saturated rings. The highest BCUT2D eigenvalue weighted by atomic mass is 127. The van der Waals surface area contributed by atoms with Crippen LogP contribution < -0.4 is 33.5 Å².